The molecular formula is C13H21N3O. The van der Waals surface area contributed by atoms with E-state index in [1.807, 2.05) is 14.1 Å². The summed E-state index contributed by atoms with van der Waals surface area (Å²) >= 11 is 0. The van der Waals surface area contributed by atoms with Crippen LogP contribution in [0.25, 0.3) is 0 Å². The van der Waals surface area contributed by atoms with Gasteiger partial charge in [0.25, 0.3) is 0 Å². The topological polar surface area (TPSA) is 27.7 Å². The largest absolute Gasteiger partial charge is 0.495 e. The quantitative estimate of drug-likeness (QED) is 0.851. The molecule has 0 spiro atoms. The molecule has 1 aromatic carbocycles. The summed E-state index contributed by atoms with van der Waals surface area (Å²) in [6, 6.07) is 6.39. The van der Waals surface area contributed by atoms with Gasteiger partial charge in [-0.05, 0) is 12.1 Å². The van der Waals surface area contributed by atoms with Crippen LogP contribution in [0.2, 0.25) is 0 Å². The Hall–Kier alpha value is -1.42. The zero-order chi connectivity index (χ0) is 12.3. The molecule has 2 rings (SSSR count). The Labute approximate surface area is 103 Å². The van der Waals surface area contributed by atoms with Crippen LogP contribution in [-0.2, 0) is 0 Å². The van der Waals surface area contributed by atoms with Crippen LogP contribution in [0, 0.1) is 0 Å². The first-order valence-corrected chi connectivity index (χ1v) is 6.03. The lowest BCUT2D eigenvalue weighted by atomic mass is 10.2. The van der Waals surface area contributed by atoms with Crippen LogP contribution < -0.4 is 19.9 Å². The Morgan fingerprint density at radius 3 is 2.53 bits per heavy atom. The molecule has 0 aliphatic carbocycles. The molecule has 0 unspecified atom stereocenters. The highest BCUT2D eigenvalue weighted by atomic mass is 16.5. The lowest BCUT2D eigenvalue weighted by Crippen LogP contribution is -2.43. The van der Waals surface area contributed by atoms with Crippen LogP contribution in [0.1, 0.15) is 0 Å². The zero-order valence-corrected chi connectivity index (χ0v) is 10.9. The van der Waals surface area contributed by atoms with E-state index in [4.69, 9.17) is 4.74 Å². The standard InChI is InChI=1S/C13H21N3O/c1-15(2)11-4-5-12(13(10-11)17-3)16-8-6-14-7-9-16/h4-5,10,14H,6-9H2,1-3H3. The van der Waals surface area contributed by atoms with Crippen LogP contribution in [0.3, 0.4) is 0 Å². The van der Waals surface area contributed by atoms with Gasteiger partial charge in [0.05, 0.1) is 12.8 Å². The highest BCUT2D eigenvalue weighted by Gasteiger charge is 2.15. The van der Waals surface area contributed by atoms with E-state index < -0.39 is 0 Å². The minimum Gasteiger partial charge on any atom is -0.495 e. The van der Waals surface area contributed by atoms with Crippen LogP contribution in [0.15, 0.2) is 18.2 Å². The molecule has 1 N–H and O–H groups in total. The van der Waals surface area contributed by atoms with Gasteiger partial charge in [-0.3, -0.25) is 0 Å². The molecule has 0 bridgehead atoms. The first kappa shape index (κ1) is 12.0. The maximum absolute atomic E-state index is 5.50. The lowest BCUT2D eigenvalue weighted by molar-refractivity contribution is 0.413. The summed E-state index contributed by atoms with van der Waals surface area (Å²) in [6.45, 7) is 4.16. The molecule has 94 valence electrons. The fourth-order valence-electron chi connectivity index (χ4n) is 2.11. The van der Waals surface area contributed by atoms with Gasteiger partial charge in [0.2, 0.25) is 0 Å². The van der Waals surface area contributed by atoms with Crippen molar-refractivity contribution in [3.63, 3.8) is 0 Å². The van der Waals surface area contributed by atoms with Crippen molar-refractivity contribution in [2.45, 2.75) is 0 Å². The van der Waals surface area contributed by atoms with E-state index in [9.17, 15) is 0 Å². The third-order valence-electron chi connectivity index (χ3n) is 3.14. The highest BCUT2D eigenvalue weighted by molar-refractivity contribution is 5.65. The zero-order valence-electron chi connectivity index (χ0n) is 10.9. The van der Waals surface area contributed by atoms with Gasteiger partial charge in [-0.15, -0.1) is 0 Å². The highest BCUT2D eigenvalue weighted by Crippen LogP contribution is 2.32. The van der Waals surface area contributed by atoms with Crippen molar-refractivity contribution in [3.8, 4) is 5.75 Å². The molecule has 4 nitrogen and oxygen atoms in total. The second kappa shape index (κ2) is 5.27. The number of ether oxygens (including phenoxy) is 1. The number of piperazine rings is 1. The molecule has 1 fully saturated rings. The molecule has 1 saturated heterocycles. The van der Waals surface area contributed by atoms with E-state index in [1.54, 1.807) is 7.11 Å². The minimum atomic E-state index is 0.957. The fraction of sp³-hybridized carbons (Fsp3) is 0.538. The van der Waals surface area contributed by atoms with Gasteiger partial charge < -0.3 is 19.9 Å². The van der Waals surface area contributed by atoms with Gasteiger partial charge >= 0.3 is 0 Å². The van der Waals surface area contributed by atoms with Crippen molar-refractivity contribution in [1.82, 2.24) is 5.32 Å². The lowest BCUT2D eigenvalue weighted by Gasteiger charge is -2.31. The molecule has 1 aromatic rings. The molecule has 0 atom stereocenters. The Kier molecular flexibility index (Phi) is 3.74. The Balaban J connectivity index is 2.26. The predicted molar refractivity (Wildman–Crippen MR) is 72.4 cm³/mol. The second-order valence-electron chi connectivity index (χ2n) is 4.49. The average molecular weight is 235 g/mol. The van der Waals surface area contributed by atoms with Crippen molar-refractivity contribution in [1.29, 1.82) is 0 Å². The first-order valence-electron chi connectivity index (χ1n) is 6.03. The fourth-order valence-corrected chi connectivity index (χ4v) is 2.11. The molecule has 0 aromatic heterocycles. The van der Waals surface area contributed by atoms with E-state index in [0.29, 0.717) is 0 Å². The first-order chi connectivity index (χ1) is 8.22. The Bertz CT molecular complexity index is 373. The monoisotopic (exact) mass is 235 g/mol. The number of methoxy groups -OCH3 is 1. The average Bonchev–Trinajstić information content (AvgIpc) is 2.39. The summed E-state index contributed by atoms with van der Waals surface area (Å²) in [5, 5.41) is 3.36. The summed E-state index contributed by atoms with van der Waals surface area (Å²) in [6.07, 6.45) is 0. The van der Waals surface area contributed by atoms with E-state index in [1.165, 1.54) is 11.4 Å². The third-order valence-corrected chi connectivity index (χ3v) is 3.14. The van der Waals surface area contributed by atoms with E-state index >= 15 is 0 Å². The normalized spacial score (nSPS) is 15.8. The van der Waals surface area contributed by atoms with E-state index in [2.05, 4.69) is 33.3 Å². The summed E-state index contributed by atoms with van der Waals surface area (Å²) in [4.78, 5) is 4.46. The van der Waals surface area contributed by atoms with Crippen molar-refractivity contribution in [3.05, 3.63) is 18.2 Å². The van der Waals surface area contributed by atoms with Gasteiger partial charge in [-0.1, -0.05) is 0 Å². The van der Waals surface area contributed by atoms with Crippen LogP contribution in [0.5, 0.6) is 5.75 Å². The van der Waals surface area contributed by atoms with Gasteiger partial charge in [0, 0.05) is 52.0 Å². The molecular weight excluding hydrogens is 214 g/mol. The maximum Gasteiger partial charge on any atom is 0.144 e. The SMILES string of the molecule is COc1cc(N(C)C)ccc1N1CCNCC1. The summed E-state index contributed by atoms with van der Waals surface area (Å²) in [5.74, 6) is 0.957. The maximum atomic E-state index is 5.50. The van der Waals surface area contributed by atoms with Crippen molar-refractivity contribution in [2.75, 3.05) is 57.2 Å². The van der Waals surface area contributed by atoms with Gasteiger partial charge in [0.15, 0.2) is 0 Å². The van der Waals surface area contributed by atoms with Crippen LogP contribution in [0.4, 0.5) is 11.4 Å². The van der Waals surface area contributed by atoms with Gasteiger partial charge in [-0.2, -0.15) is 0 Å². The number of hydrogen-bond donors (Lipinski definition) is 1. The van der Waals surface area contributed by atoms with Gasteiger partial charge in [0.1, 0.15) is 5.75 Å². The van der Waals surface area contributed by atoms with E-state index in [-0.39, 0.29) is 0 Å². The molecule has 0 amide bonds. The number of rotatable bonds is 3. The summed E-state index contributed by atoms with van der Waals surface area (Å²) < 4.78 is 5.50. The third kappa shape index (κ3) is 2.64. The number of anilines is 2. The molecule has 1 heterocycles. The molecule has 4 heteroatoms. The Morgan fingerprint density at radius 1 is 1.24 bits per heavy atom. The van der Waals surface area contributed by atoms with Crippen LogP contribution in [-0.4, -0.2) is 47.4 Å². The molecule has 17 heavy (non-hydrogen) atoms. The number of nitrogens with one attached hydrogen (secondary N) is 1. The summed E-state index contributed by atoms with van der Waals surface area (Å²) in [5.41, 5.74) is 2.36. The van der Waals surface area contributed by atoms with Crippen molar-refractivity contribution in [2.24, 2.45) is 0 Å². The molecule has 0 radical (unpaired) electrons. The minimum absolute atomic E-state index is 0.957. The smallest absolute Gasteiger partial charge is 0.144 e. The number of hydrogen-bond acceptors (Lipinski definition) is 4. The van der Waals surface area contributed by atoms with Crippen LogP contribution >= 0.6 is 0 Å². The van der Waals surface area contributed by atoms with E-state index in [0.717, 1.165) is 31.9 Å². The summed E-state index contributed by atoms with van der Waals surface area (Å²) in [7, 11) is 5.82. The van der Waals surface area contributed by atoms with Gasteiger partial charge in [-0.25, -0.2) is 0 Å². The Morgan fingerprint density at radius 2 is 1.94 bits per heavy atom. The van der Waals surface area contributed by atoms with Crippen molar-refractivity contribution < 1.29 is 4.74 Å². The molecule has 1 aliphatic rings. The number of nitrogens with zero attached hydrogens (tertiary/aromatic N) is 2. The second-order valence-corrected chi connectivity index (χ2v) is 4.49. The number of benzene rings is 1. The van der Waals surface area contributed by atoms with Crippen molar-refractivity contribution >= 4 is 11.4 Å². The molecule has 1 aliphatic heterocycles. The molecule has 0 saturated carbocycles. The predicted octanol–water partition coefficient (Wildman–Crippen LogP) is 1.17.